The average Bonchev–Trinajstić information content (AvgIpc) is 2.58. The molecule has 10 heteroatoms. The van der Waals surface area contributed by atoms with Crippen molar-refractivity contribution in [3.05, 3.63) is 79.6 Å². The van der Waals surface area contributed by atoms with Crippen LogP contribution in [0.5, 0.6) is 0 Å². The van der Waals surface area contributed by atoms with Gasteiger partial charge in [0.1, 0.15) is 5.82 Å². The van der Waals surface area contributed by atoms with Gasteiger partial charge in [0.2, 0.25) is 0 Å². The van der Waals surface area contributed by atoms with Gasteiger partial charge in [-0.1, -0.05) is 12.1 Å². The van der Waals surface area contributed by atoms with E-state index in [2.05, 4.69) is 5.32 Å². The molecular weight excluding hydrogens is 337 g/mol. The van der Waals surface area contributed by atoms with Crippen molar-refractivity contribution in [1.29, 1.82) is 0 Å². The van der Waals surface area contributed by atoms with Crippen molar-refractivity contribution in [3.63, 3.8) is 0 Å². The molecule has 9 nitrogen and oxygen atoms in total. The van der Waals surface area contributed by atoms with Crippen LogP contribution in [0.2, 0.25) is 0 Å². The predicted molar refractivity (Wildman–Crippen MR) is 83.4 cm³/mol. The minimum Gasteiger partial charge on any atom is -0.387 e. The van der Waals surface area contributed by atoms with Crippen LogP contribution < -0.4 is 5.32 Å². The molecule has 2 N–H and O–H groups in total. The summed E-state index contributed by atoms with van der Waals surface area (Å²) in [6, 6.07) is 7.63. The fraction of sp³-hybridized carbons (Fsp3) is 0.133. The fourth-order valence-electron chi connectivity index (χ4n) is 2.06. The number of hydrogen-bond donors (Lipinski definition) is 2. The number of nitrogens with one attached hydrogen (secondary N) is 1. The van der Waals surface area contributed by atoms with Crippen LogP contribution in [0.4, 0.5) is 15.8 Å². The molecule has 0 aliphatic carbocycles. The zero-order valence-corrected chi connectivity index (χ0v) is 12.6. The van der Waals surface area contributed by atoms with E-state index in [0.717, 1.165) is 24.3 Å². The predicted octanol–water partition coefficient (Wildman–Crippen LogP) is 2.11. The molecule has 1 unspecified atom stereocenters. The molecular formula is C15H12FN3O6. The Balaban J connectivity index is 2.15. The zero-order valence-electron chi connectivity index (χ0n) is 12.6. The highest BCUT2D eigenvalue weighted by Gasteiger charge is 2.20. The first-order chi connectivity index (χ1) is 11.8. The van der Waals surface area contributed by atoms with Crippen molar-refractivity contribution >= 4 is 17.3 Å². The molecule has 0 aliphatic rings. The number of benzene rings is 2. The second kappa shape index (κ2) is 7.45. The average molecular weight is 349 g/mol. The minimum atomic E-state index is -1.21. The van der Waals surface area contributed by atoms with Crippen molar-refractivity contribution < 1.29 is 24.1 Å². The van der Waals surface area contributed by atoms with E-state index in [0.29, 0.717) is 0 Å². The Hall–Kier alpha value is -3.40. The smallest absolute Gasteiger partial charge is 0.277 e. The summed E-state index contributed by atoms with van der Waals surface area (Å²) in [4.78, 5) is 32.0. The number of amides is 1. The lowest BCUT2D eigenvalue weighted by Gasteiger charge is -2.12. The van der Waals surface area contributed by atoms with Crippen LogP contribution in [0.15, 0.2) is 42.5 Å². The van der Waals surface area contributed by atoms with E-state index in [1.165, 1.54) is 18.2 Å². The first-order valence-electron chi connectivity index (χ1n) is 6.93. The molecule has 25 heavy (non-hydrogen) atoms. The molecule has 1 amide bonds. The van der Waals surface area contributed by atoms with Gasteiger partial charge in [-0.15, -0.1) is 0 Å². The molecule has 2 rings (SSSR count). The van der Waals surface area contributed by atoms with Gasteiger partial charge in [-0.25, -0.2) is 4.39 Å². The Bertz CT molecular complexity index is 810. The molecule has 0 fully saturated rings. The third-order valence-electron chi connectivity index (χ3n) is 3.28. The van der Waals surface area contributed by atoms with Gasteiger partial charge < -0.3 is 10.4 Å². The topological polar surface area (TPSA) is 136 Å². The van der Waals surface area contributed by atoms with Crippen molar-refractivity contribution in [2.45, 2.75) is 6.10 Å². The maximum absolute atomic E-state index is 13.1. The van der Waals surface area contributed by atoms with E-state index in [-0.39, 0.29) is 17.7 Å². The number of hydrogen-bond acceptors (Lipinski definition) is 6. The second-order valence-electron chi connectivity index (χ2n) is 5.03. The first-order valence-corrected chi connectivity index (χ1v) is 6.93. The SMILES string of the molecule is O=C(NCC(O)c1cccc(F)c1)c1cc([N+](=O)[O-])cc([N+](=O)[O-])c1. The normalized spacial score (nSPS) is 11.6. The second-order valence-corrected chi connectivity index (χ2v) is 5.03. The summed E-state index contributed by atoms with van der Waals surface area (Å²) in [5.74, 6) is -1.40. The van der Waals surface area contributed by atoms with E-state index < -0.39 is 39.0 Å². The Kier molecular flexibility index (Phi) is 5.35. The third kappa shape index (κ3) is 4.54. The molecule has 0 heterocycles. The lowest BCUT2D eigenvalue weighted by Crippen LogP contribution is -2.28. The van der Waals surface area contributed by atoms with Crippen molar-refractivity contribution in [1.82, 2.24) is 5.32 Å². The fourth-order valence-corrected chi connectivity index (χ4v) is 2.06. The van der Waals surface area contributed by atoms with Gasteiger partial charge >= 0.3 is 0 Å². The number of nitro benzene ring substituents is 2. The molecule has 0 saturated heterocycles. The summed E-state index contributed by atoms with van der Waals surface area (Å²) >= 11 is 0. The third-order valence-corrected chi connectivity index (χ3v) is 3.28. The maximum atomic E-state index is 13.1. The Labute approximate surface area is 140 Å². The van der Waals surface area contributed by atoms with E-state index >= 15 is 0 Å². The van der Waals surface area contributed by atoms with E-state index in [4.69, 9.17) is 0 Å². The van der Waals surface area contributed by atoms with Gasteiger partial charge in [0.25, 0.3) is 17.3 Å². The maximum Gasteiger partial charge on any atom is 0.277 e. The van der Waals surface area contributed by atoms with Crippen molar-refractivity contribution in [2.24, 2.45) is 0 Å². The summed E-state index contributed by atoms with van der Waals surface area (Å²) in [6.45, 7) is -0.307. The highest BCUT2D eigenvalue weighted by Crippen LogP contribution is 2.23. The number of nitro groups is 2. The van der Waals surface area contributed by atoms with Gasteiger partial charge in [0.05, 0.1) is 27.6 Å². The summed E-state index contributed by atoms with van der Waals surface area (Å²) in [5, 5.41) is 33.8. The number of halogens is 1. The number of carbonyl (C=O) groups excluding carboxylic acids is 1. The highest BCUT2D eigenvalue weighted by atomic mass is 19.1. The van der Waals surface area contributed by atoms with Crippen molar-refractivity contribution in [3.8, 4) is 0 Å². The summed E-state index contributed by atoms with van der Waals surface area (Å²) in [7, 11) is 0. The van der Waals surface area contributed by atoms with Gasteiger partial charge in [0.15, 0.2) is 0 Å². The van der Waals surface area contributed by atoms with Crippen LogP contribution in [0.1, 0.15) is 22.0 Å². The lowest BCUT2D eigenvalue weighted by molar-refractivity contribution is -0.394. The zero-order chi connectivity index (χ0) is 18.6. The summed E-state index contributed by atoms with van der Waals surface area (Å²) in [5.41, 5.74) is -1.28. The van der Waals surface area contributed by atoms with Crippen LogP contribution in [-0.4, -0.2) is 27.4 Å². The van der Waals surface area contributed by atoms with Crippen LogP contribution in [0, 0.1) is 26.0 Å². The Morgan fingerprint density at radius 2 is 1.72 bits per heavy atom. The monoisotopic (exact) mass is 349 g/mol. The van der Waals surface area contributed by atoms with E-state index in [1.807, 2.05) is 0 Å². The first kappa shape index (κ1) is 17.9. The number of carbonyl (C=O) groups is 1. The Morgan fingerprint density at radius 3 is 2.24 bits per heavy atom. The largest absolute Gasteiger partial charge is 0.387 e. The standard InChI is InChI=1S/C15H12FN3O6/c16-11-3-1-2-9(4-11)14(20)8-17-15(21)10-5-12(18(22)23)7-13(6-10)19(24)25/h1-7,14,20H,8H2,(H,17,21). The molecule has 2 aromatic rings. The number of rotatable bonds is 6. The van der Waals surface area contributed by atoms with Crippen LogP contribution in [-0.2, 0) is 0 Å². The van der Waals surface area contributed by atoms with E-state index in [1.54, 1.807) is 0 Å². The number of aliphatic hydroxyl groups excluding tert-OH is 1. The van der Waals surface area contributed by atoms with Gasteiger partial charge in [0, 0.05) is 18.7 Å². The minimum absolute atomic E-state index is 0.227. The van der Waals surface area contributed by atoms with Crippen molar-refractivity contribution in [2.75, 3.05) is 6.54 Å². The van der Waals surface area contributed by atoms with E-state index in [9.17, 15) is 34.5 Å². The molecule has 0 saturated carbocycles. The van der Waals surface area contributed by atoms with Gasteiger partial charge in [-0.3, -0.25) is 25.0 Å². The molecule has 2 aromatic carbocycles. The number of nitrogens with zero attached hydrogens (tertiary/aromatic N) is 2. The summed E-state index contributed by atoms with van der Waals surface area (Å²) < 4.78 is 13.1. The van der Waals surface area contributed by atoms with Crippen LogP contribution in [0.25, 0.3) is 0 Å². The van der Waals surface area contributed by atoms with Crippen LogP contribution in [0.3, 0.4) is 0 Å². The number of non-ortho nitro benzene ring substituents is 2. The Morgan fingerprint density at radius 1 is 1.12 bits per heavy atom. The van der Waals surface area contributed by atoms with Gasteiger partial charge in [-0.05, 0) is 17.7 Å². The quantitative estimate of drug-likeness (QED) is 0.605. The number of aliphatic hydroxyl groups is 1. The summed E-state index contributed by atoms with van der Waals surface area (Å²) in [6.07, 6.45) is -1.21. The molecule has 0 bridgehead atoms. The molecule has 0 spiro atoms. The van der Waals surface area contributed by atoms with Gasteiger partial charge in [-0.2, -0.15) is 0 Å². The molecule has 1 atom stereocenters. The molecule has 0 aromatic heterocycles. The highest BCUT2D eigenvalue weighted by molar-refractivity contribution is 5.95. The van der Waals surface area contributed by atoms with Crippen LogP contribution >= 0.6 is 0 Å². The molecule has 0 radical (unpaired) electrons. The molecule has 130 valence electrons. The lowest BCUT2D eigenvalue weighted by atomic mass is 10.1. The molecule has 0 aliphatic heterocycles.